The molecule has 146 valence electrons. The number of ether oxygens (including phenoxy) is 1. The lowest BCUT2D eigenvalue weighted by atomic mass is 10.00. The first-order valence-corrected chi connectivity index (χ1v) is 10.4. The predicted octanol–water partition coefficient (Wildman–Crippen LogP) is 3.76. The van der Waals surface area contributed by atoms with Crippen molar-refractivity contribution in [3.05, 3.63) is 24.3 Å². The molecule has 1 amide bonds. The molecule has 2 unspecified atom stereocenters. The largest absolute Gasteiger partial charge is 0.496 e. The van der Waals surface area contributed by atoms with Gasteiger partial charge in [0.15, 0.2) is 11.0 Å². The third-order valence-corrected chi connectivity index (χ3v) is 6.32. The quantitative estimate of drug-likeness (QED) is 0.705. The van der Waals surface area contributed by atoms with Gasteiger partial charge in [0.1, 0.15) is 5.75 Å². The molecule has 1 aliphatic heterocycles. The van der Waals surface area contributed by atoms with Crippen LogP contribution in [0, 0.1) is 0 Å². The van der Waals surface area contributed by atoms with Crippen molar-refractivity contribution in [2.24, 2.45) is 7.05 Å². The molecule has 2 aromatic rings. The highest BCUT2D eigenvalue weighted by Crippen LogP contribution is 2.32. The Hall–Kier alpha value is -2.02. The van der Waals surface area contributed by atoms with Gasteiger partial charge < -0.3 is 14.2 Å². The lowest BCUT2D eigenvalue weighted by molar-refractivity contribution is -0.134. The van der Waals surface area contributed by atoms with Crippen LogP contribution in [0.15, 0.2) is 29.4 Å². The van der Waals surface area contributed by atoms with Gasteiger partial charge in [-0.05, 0) is 44.7 Å². The molecule has 1 aromatic heterocycles. The summed E-state index contributed by atoms with van der Waals surface area (Å²) in [6, 6.07) is 8.12. The Morgan fingerprint density at radius 3 is 2.85 bits per heavy atom. The lowest BCUT2D eigenvalue weighted by Crippen LogP contribution is -2.46. The molecule has 27 heavy (non-hydrogen) atoms. The number of carbonyl (C=O) groups is 1. The normalized spacial score (nSPS) is 18.4. The average Bonchev–Trinajstić information content (AvgIpc) is 3.07. The summed E-state index contributed by atoms with van der Waals surface area (Å²) in [5.74, 6) is 1.69. The minimum atomic E-state index is -0.189. The summed E-state index contributed by atoms with van der Waals surface area (Å²) in [6.07, 6.45) is 4.45. The summed E-state index contributed by atoms with van der Waals surface area (Å²) in [5, 5.41) is 9.21. The van der Waals surface area contributed by atoms with E-state index in [0.29, 0.717) is 6.04 Å². The lowest BCUT2D eigenvalue weighted by Gasteiger charge is -2.36. The van der Waals surface area contributed by atoms with Crippen molar-refractivity contribution in [3.8, 4) is 17.1 Å². The highest BCUT2D eigenvalue weighted by Gasteiger charge is 2.30. The van der Waals surface area contributed by atoms with Crippen LogP contribution in [-0.2, 0) is 11.8 Å². The topological polar surface area (TPSA) is 60.3 Å². The van der Waals surface area contributed by atoms with Gasteiger partial charge in [-0.1, -0.05) is 30.8 Å². The molecule has 1 aromatic carbocycles. The first-order chi connectivity index (χ1) is 13.1. The zero-order valence-corrected chi connectivity index (χ0v) is 17.3. The number of likely N-dealkylation sites (tertiary alicyclic amines) is 1. The average molecular weight is 389 g/mol. The Balaban J connectivity index is 1.76. The number of hydrogen-bond acceptors (Lipinski definition) is 5. The van der Waals surface area contributed by atoms with Gasteiger partial charge in [0.05, 0.1) is 17.9 Å². The van der Waals surface area contributed by atoms with E-state index in [1.54, 1.807) is 7.11 Å². The summed E-state index contributed by atoms with van der Waals surface area (Å²) in [7, 11) is 3.57. The monoisotopic (exact) mass is 388 g/mol. The molecule has 1 saturated heterocycles. The van der Waals surface area contributed by atoms with Gasteiger partial charge in [-0.25, -0.2) is 0 Å². The molecule has 0 N–H and O–H groups in total. The van der Waals surface area contributed by atoms with Crippen molar-refractivity contribution >= 4 is 17.7 Å². The van der Waals surface area contributed by atoms with Crippen molar-refractivity contribution in [1.82, 2.24) is 19.7 Å². The van der Waals surface area contributed by atoms with Crippen molar-refractivity contribution in [3.63, 3.8) is 0 Å². The molecular weight excluding hydrogens is 360 g/mol. The van der Waals surface area contributed by atoms with Gasteiger partial charge in [0.25, 0.3) is 0 Å². The maximum Gasteiger partial charge on any atom is 0.236 e. The molecule has 0 spiro atoms. The Kier molecular flexibility index (Phi) is 6.42. The number of rotatable bonds is 6. The van der Waals surface area contributed by atoms with Crippen molar-refractivity contribution in [2.45, 2.75) is 56.0 Å². The first-order valence-electron chi connectivity index (χ1n) is 9.56. The van der Waals surface area contributed by atoms with Crippen LogP contribution in [-0.4, -0.2) is 50.5 Å². The number of amides is 1. The van der Waals surface area contributed by atoms with Crippen molar-refractivity contribution in [2.75, 3.05) is 13.7 Å². The standard InChI is InChI=1S/C20H28N4O2S/c1-5-15-10-8-9-13-24(15)19(25)14(2)27-20-22-21-18(23(20)3)16-11-6-7-12-17(16)26-4/h6-7,11-12,14-15H,5,8-10,13H2,1-4H3. The molecule has 3 rings (SSSR count). The van der Waals surface area contributed by atoms with Gasteiger partial charge in [0, 0.05) is 19.6 Å². The van der Waals surface area contributed by atoms with E-state index in [9.17, 15) is 4.79 Å². The summed E-state index contributed by atoms with van der Waals surface area (Å²) >= 11 is 1.47. The number of nitrogens with zero attached hydrogens (tertiary/aromatic N) is 4. The zero-order chi connectivity index (χ0) is 19.4. The third-order valence-electron chi connectivity index (χ3n) is 5.19. The molecule has 0 aliphatic carbocycles. The fraction of sp³-hybridized carbons (Fsp3) is 0.550. The van der Waals surface area contributed by atoms with Crippen LogP contribution in [0.25, 0.3) is 11.4 Å². The summed E-state index contributed by atoms with van der Waals surface area (Å²) < 4.78 is 7.37. The Morgan fingerprint density at radius 2 is 2.11 bits per heavy atom. The zero-order valence-electron chi connectivity index (χ0n) is 16.5. The van der Waals surface area contributed by atoms with Crippen LogP contribution < -0.4 is 4.74 Å². The molecule has 7 heteroatoms. The molecule has 0 bridgehead atoms. The van der Waals surface area contributed by atoms with Crippen LogP contribution in [0.3, 0.4) is 0 Å². The number of methoxy groups -OCH3 is 1. The van der Waals surface area contributed by atoms with Crippen LogP contribution in [0.4, 0.5) is 0 Å². The number of piperidine rings is 1. The fourth-order valence-corrected chi connectivity index (χ4v) is 4.52. The van der Waals surface area contributed by atoms with E-state index in [0.717, 1.165) is 48.1 Å². The number of carbonyl (C=O) groups excluding carboxylic acids is 1. The van der Waals surface area contributed by atoms with Gasteiger partial charge >= 0.3 is 0 Å². The highest BCUT2D eigenvalue weighted by molar-refractivity contribution is 8.00. The summed E-state index contributed by atoms with van der Waals surface area (Å²) in [5.41, 5.74) is 0.892. The highest BCUT2D eigenvalue weighted by atomic mass is 32.2. The first kappa shape index (κ1) is 19.7. The Morgan fingerprint density at radius 1 is 1.33 bits per heavy atom. The number of hydrogen-bond donors (Lipinski definition) is 0. The van der Waals surface area contributed by atoms with Crippen molar-refractivity contribution < 1.29 is 9.53 Å². The van der Waals surface area contributed by atoms with Crippen LogP contribution in [0.5, 0.6) is 5.75 Å². The minimum absolute atomic E-state index is 0.189. The predicted molar refractivity (Wildman–Crippen MR) is 108 cm³/mol. The van der Waals surface area contributed by atoms with Gasteiger partial charge in [-0.3, -0.25) is 4.79 Å². The smallest absolute Gasteiger partial charge is 0.236 e. The molecular formula is C20H28N4O2S. The second kappa shape index (κ2) is 8.78. The van der Waals surface area contributed by atoms with E-state index in [-0.39, 0.29) is 11.2 Å². The van der Waals surface area contributed by atoms with Crippen LogP contribution in [0.2, 0.25) is 0 Å². The number of aromatic nitrogens is 3. The van der Waals surface area contributed by atoms with Gasteiger partial charge in [0.2, 0.25) is 5.91 Å². The Bertz CT molecular complexity index is 792. The minimum Gasteiger partial charge on any atom is -0.496 e. The van der Waals surface area contributed by atoms with E-state index < -0.39 is 0 Å². The second-order valence-corrected chi connectivity index (χ2v) is 8.22. The van der Waals surface area contributed by atoms with E-state index in [1.807, 2.05) is 42.8 Å². The van der Waals surface area contributed by atoms with Crippen LogP contribution in [0.1, 0.15) is 39.5 Å². The maximum atomic E-state index is 13.0. The number of para-hydroxylation sites is 1. The molecule has 2 heterocycles. The molecule has 1 fully saturated rings. The molecule has 0 radical (unpaired) electrons. The summed E-state index contributed by atoms with van der Waals surface area (Å²) in [6.45, 7) is 5.00. The van der Waals surface area contributed by atoms with E-state index in [2.05, 4.69) is 22.0 Å². The molecule has 1 aliphatic rings. The molecule has 2 atom stereocenters. The van der Waals surface area contributed by atoms with E-state index in [1.165, 1.54) is 18.2 Å². The molecule has 6 nitrogen and oxygen atoms in total. The summed E-state index contributed by atoms with van der Waals surface area (Å²) in [4.78, 5) is 15.1. The fourth-order valence-electron chi connectivity index (χ4n) is 3.64. The Labute approximate surface area is 165 Å². The second-order valence-electron chi connectivity index (χ2n) is 6.92. The van der Waals surface area contributed by atoms with Gasteiger partial charge in [-0.15, -0.1) is 10.2 Å². The van der Waals surface area contributed by atoms with E-state index >= 15 is 0 Å². The number of benzene rings is 1. The number of thioether (sulfide) groups is 1. The van der Waals surface area contributed by atoms with Crippen LogP contribution >= 0.6 is 11.8 Å². The SMILES string of the molecule is CCC1CCCCN1C(=O)C(C)Sc1nnc(-c2ccccc2OC)n1C. The van der Waals surface area contributed by atoms with Gasteiger partial charge in [-0.2, -0.15) is 0 Å². The maximum absolute atomic E-state index is 13.0. The van der Waals surface area contributed by atoms with Crippen molar-refractivity contribution in [1.29, 1.82) is 0 Å². The van der Waals surface area contributed by atoms with E-state index in [4.69, 9.17) is 4.74 Å². The molecule has 0 saturated carbocycles. The third kappa shape index (κ3) is 4.13.